The van der Waals surface area contributed by atoms with E-state index in [2.05, 4.69) is 6.92 Å². The summed E-state index contributed by atoms with van der Waals surface area (Å²) in [6.45, 7) is 2.36. The van der Waals surface area contributed by atoms with Gasteiger partial charge in [-0.1, -0.05) is 26.2 Å². The molecule has 0 heterocycles. The smallest absolute Gasteiger partial charge is 0.303 e. The van der Waals surface area contributed by atoms with Gasteiger partial charge in [-0.15, -0.1) is 0 Å². The van der Waals surface area contributed by atoms with Crippen LogP contribution in [0.15, 0.2) is 0 Å². The van der Waals surface area contributed by atoms with Crippen molar-refractivity contribution in [2.24, 2.45) is 5.92 Å². The topological polar surface area (TPSA) is 57.5 Å². The van der Waals surface area contributed by atoms with Crippen LogP contribution in [0.2, 0.25) is 0 Å². The van der Waals surface area contributed by atoms with E-state index in [1.165, 1.54) is 0 Å². The fourth-order valence-corrected chi connectivity index (χ4v) is 1.63. The number of carbonyl (C=O) groups is 1. The Balaban J connectivity index is 3.65. The van der Waals surface area contributed by atoms with Crippen LogP contribution < -0.4 is 0 Å². The van der Waals surface area contributed by atoms with Gasteiger partial charge in [0.2, 0.25) is 0 Å². The van der Waals surface area contributed by atoms with E-state index >= 15 is 0 Å². The van der Waals surface area contributed by atoms with Crippen molar-refractivity contribution in [2.75, 3.05) is 6.61 Å². The molecule has 0 bridgehead atoms. The lowest BCUT2D eigenvalue weighted by Gasteiger charge is -2.14. The fourth-order valence-electron chi connectivity index (χ4n) is 1.63. The van der Waals surface area contributed by atoms with Gasteiger partial charge in [-0.25, -0.2) is 0 Å². The minimum absolute atomic E-state index is 0.218. The minimum Gasteiger partial charge on any atom is -0.481 e. The van der Waals surface area contributed by atoms with Gasteiger partial charge in [0, 0.05) is 13.0 Å². The molecule has 14 heavy (non-hydrogen) atoms. The summed E-state index contributed by atoms with van der Waals surface area (Å²) in [5.74, 6) is -0.228. The maximum absolute atomic E-state index is 10.4. The molecule has 0 aromatic carbocycles. The first kappa shape index (κ1) is 13.4. The van der Waals surface area contributed by atoms with Gasteiger partial charge in [-0.3, -0.25) is 4.79 Å². The van der Waals surface area contributed by atoms with E-state index in [0.717, 1.165) is 38.5 Å². The van der Waals surface area contributed by atoms with Crippen LogP contribution in [0.3, 0.4) is 0 Å². The molecule has 0 aromatic rings. The van der Waals surface area contributed by atoms with E-state index < -0.39 is 5.97 Å². The largest absolute Gasteiger partial charge is 0.481 e. The van der Waals surface area contributed by atoms with Crippen molar-refractivity contribution in [1.82, 2.24) is 0 Å². The molecule has 3 nitrogen and oxygen atoms in total. The number of carboxylic acids is 1. The number of rotatable bonds is 9. The van der Waals surface area contributed by atoms with Crippen molar-refractivity contribution in [1.29, 1.82) is 0 Å². The molecule has 3 heteroatoms. The fraction of sp³-hybridized carbons (Fsp3) is 0.909. The predicted molar refractivity (Wildman–Crippen MR) is 56.2 cm³/mol. The van der Waals surface area contributed by atoms with Crippen molar-refractivity contribution >= 4 is 5.97 Å². The molecule has 0 saturated carbocycles. The first-order valence-corrected chi connectivity index (χ1v) is 5.53. The molecule has 0 saturated heterocycles. The summed E-state index contributed by atoms with van der Waals surface area (Å²) in [7, 11) is 0. The van der Waals surface area contributed by atoms with Crippen molar-refractivity contribution in [2.45, 2.75) is 51.9 Å². The predicted octanol–water partition coefficient (Wildman–Crippen LogP) is 2.43. The van der Waals surface area contributed by atoms with Crippen LogP contribution in [-0.4, -0.2) is 22.8 Å². The van der Waals surface area contributed by atoms with Crippen LogP contribution in [0.4, 0.5) is 0 Å². The summed E-state index contributed by atoms with van der Waals surface area (Å²) in [5, 5.41) is 17.3. The zero-order valence-corrected chi connectivity index (χ0v) is 9.04. The molecule has 0 aliphatic heterocycles. The van der Waals surface area contributed by atoms with E-state index in [9.17, 15) is 4.79 Å². The number of aliphatic hydroxyl groups excluding tert-OH is 1. The average molecular weight is 202 g/mol. The lowest BCUT2D eigenvalue weighted by atomic mass is 9.92. The molecule has 2 N–H and O–H groups in total. The minimum atomic E-state index is -0.713. The van der Waals surface area contributed by atoms with E-state index in [1.807, 2.05) is 0 Å². The third kappa shape index (κ3) is 8.05. The third-order valence-corrected chi connectivity index (χ3v) is 2.50. The Morgan fingerprint density at radius 3 is 2.36 bits per heavy atom. The Morgan fingerprint density at radius 1 is 1.21 bits per heavy atom. The van der Waals surface area contributed by atoms with Crippen molar-refractivity contribution in [3.05, 3.63) is 0 Å². The molecule has 0 aromatic heterocycles. The Morgan fingerprint density at radius 2 is 1.86 bits per heavy atom. The second-order valence-electron chi connectivity index (χ2n) is 3.81. The van der Waals surface area contributed by atoms with Crippen LogP contribution in [0.5, 0.6) is 0 Å². The monoisotopic (exact) mass is 202 g/mol. The highest BCUT2D eigenvalue weighted by molar-refractivity contribution is 5.66. The molecule has 1 unspecified atom stereocenters. The maximum atomic E-state index is 10.4. The molecule has 84 valence electrons. The Labute approximate surface area is 86.1 Å². The molecular formula is C11H22O3. The second-order valence-corrected chi connectivity index (χ2v) is 3.81. The van der Waals surface area contributed by atoms with Gasteiger partial charge in [0.25, 0.3) is 0 Å². The molecule has 0 rings (SSSR count). The standard InChI is InChI=1S/C11H22O3/c1-2-3-5-10(6-4-9-12)7-8-11(13)14/h10,12H,2-9H2,1H3,(H,13,14). The van der Waals surface area contributed by atoms with Crippen LogP contribution in [0.1, 0.15) is 51.9 Å². The Kier molecular flexibility index (Phi) is 8.64. The lowest BCUT2D eigenvalue weighted by molar-refractivity contribution is -0.137. The van der Waals surface area contributed by atoms with Crippen LogP contribution >= 0.6 is 0 Å². The number of hydrogen-bond acceptors (Lipinski definition) is 2. The number of carboxylic acid groups (broad SMARTS) is 1. The lowest BCUT2D eigenvalue weighted by Crippen LogP contribution is -2.05. The molecule has 1 atom stereocenters. The molecule has 0 fully saturated rings. The van der Waals surface area contributed by atoms with E-state index in [0.29, 0.717) is 5.92 Å². The van der Waals surface area contributed by atoms with Gasteiger partial charge >= 0.3 is 5.97 Å². The van der Waals surface area contributed by atoms with Crippen LogP contribution in [0, 0.1) is 5.92 Å². The van der Waals surface area contributed by atoms with Gasteiger partial charge in [0.15, 0.2) is 0 Å². The summed E-state index contributed by atoms with van der Waals surface area (Å²) in [4.78, 5) is 10.4. The molecule has 0 amide bonds. The maximum Gasteiger partial charge on any atom is 0.303 e. The highest BCUT2D eigenvalue weighted by Crippen LogP contribution is 2.20. The van der Waals surface area contributed by atoms with Gasteiger partial charge < -0.3 is 10.2 Å². The molecule has 0 aliphatic rings. The summed E-state index contributed by atoms with van der Waals surface area (Å²) in [5.41, 5.74) is 0. The van der Waals surface area contributed by atoms with Crippen molar-refractivity contribution in [3.8, 4) is 0 Å². The van der Waals surface area contributed by atoms with Gasteiger partial charge in [0.1, 0.15) is 0 Å². The second kappa shape index (κ2) is 9.00. The number of aliphatic carboxylic acids is 1. The van der Waals surface area contributed by atoms with E-state index in [1.54, 1.807) is 0 Å². The SMILES string of the molecule is CCCCC(CCCO)CCC(=O)O. The quantitative estimate of drug-likeness (QED) is 0.603. The van der Waals surface area contributed by atoms with Gasteiger partial charge in [0.05, 0.1) is 0 Å². The third-order valence-electron chi connectivity index (χ3n) is 2.50. The molecule has 0 aliphatic carbocycles. The molecular weight excluding hydrogens is 180 g/mol. The van der Waals surface area contributed by atoms with Gasteiger partial charge in [-0.05, 0) is 25.2 Å². The van der Waals surface area contributed by atoms with Crippen molar-refractivity contribution in [3.63, 3.8) is 0 Å². The molecule has 0 radical (unpaired) electrons. The summed E-state index contributed by atoms with van der Waals surface area (Å²) in [6.07, 6.45) is 6.20. The molecule has 0 spiro atoms. The zero-order chi connectivity index (χ0) is 10.8. The highest BCUT2D eigenvalue weighted by atomic mass is 16.4. The summed E-state index contributed by atoms with van der Waals surface area (Å²) < 4.78 is 0. The Bertz CT molecular complexity index is 137. The average Bonchev–Trinajstić information content (AvgIpc) is 2.16. The number of hydrogen-bond donors (Lipinski definition) is 2. The van der Waals surface area contributed by atoms with E-state index in [4.69, 9.17) is 10.2 Å². The first-order chi connectivity index (χ1) is 6.70. The summed E-state index contributed by atoms with van der Waals surface area (Å²) in [6, 6.07) is 0. The first-order valence-electron chi connectivity index (χ1n) is 5.53. The van der Waals surface area contributed by atoms with E-state index in [-0.39, 0.29) is 13.0 Å². The zero-order valence-electron chi connectivity index (χ0n) is 9.04. The van der Waals surface area contributed by atoms with Gasteiger partial charge in [-0.2, -0.15) is 0 Å². The highest BCUT2D eigenvalue weighted by Gasteiger charge is 2.09. The van der Waals surface area contributed by atoms with Crippen LogP contribution in [-0.2, 0) is 4.79 Å². The van der Waals surface area contributed by atoms with Crippen molar-refractivity contribution < 1.29 is 15.0 Å². The normalized spacial score (nSPS) is 12.7. The number of aliphatic hydroxyl groups is 1. The Hall–Kier alpha value is -0.570. The van der Waals surface area contributed by atoms with Crippen LogP contribution in [0.25, 0.3) is 0 Å². The number of unbranched alkanes of at least 4 members (excludes halogenated alkanes) is 1. The summed E-state index contributed by atoms with van der Waals surface area (Å²) >= 11 is 0.